The van der Waals surface area contributed by atoms with Gasteiger partial charge in [0.2, 0.25) is 0 Å². The highest BCUT2D eigenvalue weighted by Gasteiger charge is 2.30. The zero-order valence-electron chi connectivity index (χ0n) is 12.9. The van der Waals surface area contributed by atoms with Gasteiger partial charge in [-0.05, 0) is 36.1 Å². The third-order valence-electron chi connectivity index (χ3n) is 4.59. The van der Waals surface area contributed by atoms with Gasteiger partial charge in [0.1, 0.15) is 0 Å². The van der Waals surface area contributed by atoms with Gasteiger partial charge in [-0.2, -0.15) is 0 Å². The van der Waals surface area contributed by atoms with Crippen LogP contribution in [0.5, 0.6) is 0 Å². The summed E-state index contributed by atoms with van der Waals surface area (Å²) in [5.41, 5.74) is 1.84. The van der Waals surface area contributed by atoms with Crippen LogP contribution in [0.25, 0.3) is 0 Å². The smallest absolute Gasteiger partial charge is 0.0771 e. The minimum absolute atomic E-state index is 0.0927. The second kappa shape index (κ2) is 7.03. The van der Waals surface area contributed by atoms with Crippen LogP contribution in [0.2, 0.25) is 0 Å². The topological polar surface area (TPSA) is 45.1 Å². The first-order valence-corrected chi connectivity index (χ1v) is 8.17. The predicted molar refractivity (Wildman–Crippen MR) is 88.6 cm³/mol. The van der Waals surface area contributed by atoms with Crippen molar-refractivity contribution in [3.8, 4) is 0 Å². The molecule has 1 atom stereocenters. The molecule has 116 valence electrons. The van der Waals surface area contributed by atoms with Crippen LogP contribution in [0.1, 0.15) is 49.3 Å². The van der Waals surface area contributed by atoms with Gasteiger partial charge < -0.3 is 10.4 Å². The molecule has 1 heterocycles. The Morgan fingerprint density at radius 3 is 2.27 bits per heavy atom. The molecule has 1 unspecified atom stereocenters. The molecule has 1 aliphatic rings. The summed E-state index contributed by atoms with van der Waals surface area (Å²) in [6.45, 7) is 0.634. The summed E-state index contributed by atoms with van der Waals surface area (Å²) in [6, 6.07) is 14.6. The van der Waals surface area contributed by atoms with Gasteiger partial charge in [-0.1, -0.05) is 49.6 Å². The van der Waals surface area contributed by atoms with E-state index in [0.29, 0.717) is 6.54 Å². The van der Waals surface area contributed by atoms with E-state index in [1.54, 1.807) is 0 Å². The predicted octanol–water partition coefficient (Wildman–Crippen LogP) is 3.46. The van der Waals surface area contributed by atoms with E-state index < -0.39 is 5.60 Å². The average molecular weight is 296 g/mol. The maximum atomic E-state index is 10.7. The molecule has 1 saturated carbocycles. The zero-order valence-corrected chi connectivity index (χ0v) is 12.9. The number of aromatic nitrogens is 1. The number of nitrogens with one attached hydrogen (secondary N) is 1. The van der Waals surface area contributed by atoms with Crippen LogP contribution in [0, 0.1) is 0 Å². The number of rotatable bonds is 5. The summed E-state index contributed by atoms with van der Waals surface area (Å²) in [6.07, 6.45) is 8.95. The SMILES string of the molecule is OC1(CNC(c2ccccc2)c2ccncc2)CCCCC1. The number of nitrogens with zero attached hydrogens (tertiary/aromatic N) is 1. The number of pyridine rings is 1. The summed E-state index contributed by atoms with van der Waals surface area (Å²) < 4.78 is 0. The summed E-state index contributed by atoms with van der Waals surface area (Å²) >= 11 is 0. The Hall–Kier alpha value is -1.71. The number of hydrogen-bond acceptors (Lipinski definition) is 3. The van der Waals surface area contributed by atoms with E-state index in [1.807, 2.05) is 30.6 Å². The largest absolute Gasteiger partial charge is 0.389 e. The molecular weight excluding hydrogens is 272 g/mol. The van der Waals surface area contributed by atoms with Crippen molar-refractivity contribution in [3.05, 3.63) is 66.0 Å². The number of benzene rings is 1. The van der Waals surface area contributed by atoms with E-state index >= 15 is 0 Å². The lowest BCUT2D eigenvalue weighted by Gasteiger charge is -2.34. The molecule has 1 aromatic heterocycles. The fourth-order valence-corrected chi connectivity index (χ4v) is 3.31. The third-order valence-corrected chi connectivity index (χ3v) is 4.59. The third kappa shape index (κ3) is 3.73. The van der Waals surface area contributed by atoms with E-state index in [2.05, 4.69) is 34.6 Å². The molecule has 0 bridgehead atoms. The maximum Gasteiger partial charge on any atom is 0.0771 e. The fraction of sp³-hybridized carbons (Fsp3) is 0.421. The first-order chi connectivity index (χ1) is 10.8. The van der Waals surface area contributed by atoms with Gasteiger partial charge in [-0.15, -0.1) is 0 Å². The summed E-state index contributed by atoms with van der Waals surface area (Å²) in [4.78, 5) is 4.11. The van der Waals surface area contributed by atoms with E-state index in [0.717, 1.165) is 25.7 Å². The summed E-state index contributed by atoms with van der Waals surface area (Å²) in [5.74, 6) is 0. The second-order valence-corrected chi connectivity index (χ2v) is 6.29. The summed E-state index contributed by atoms with van der Waals surface area (Å²) in [5, 5.41) is 14.3. The van der Waals surface area contributed by atoms with Crippen molar-refractivity contribution in [2.45, 2.75) is 43.7 Å². The van der Waals surface area contributed by atoms with E-state index in [1.165, 1.54) is 17.5 Å². The average Bonchev–Trinajstić information content (AvgIpc) is 2.58. The molecule has 3 rings (SSSR count). The lowest BCUT2D eigenvalue weighted by Crippen LogP contribution is -2.43. The number of hydrogen-bond donors (Lipinski definition) is 2. The lowest BCUT2D eigenvalue weighted by atomic mass is 9.84. The van der Waals surface area contributed by atoms with E-state index in [9.17, 15) is 5.11 Å². The minimum atomic E-state index is -0.557. The Morgan fingerprint density at radius 1 is 0.955 bits per heavy atom. The Balaban J connectivity index is 1.77. The highest BCUT2D eigenvalue weighted by Crippen LogP contribution is 2.29. The molecule has 3 nitrogen and oxygen atoms in total. The first-order valence-electron chi connectivity index (χ1n) is 8.17. The van der Waals surface area contributed by atoms with Crippen LogP contribution in [-0.4, -0.2) is 22.2 Å². The molecule has 1 fully saturated rings. The standard InChI is InChI=1S/C19H24N2O/c22-19(11-5-2-6-12-19)15-21-18(16-7-3-1-4-8-16)17-9-13-20-14-10-17/h1,3-4,7-10,13-14,18,21-22H,2,5-6,11-12,15H2. The molecule has 0 radical (unpaired) electrons. The molecule has 0 saturated heterocycles. The van der Waals surface area contributed by atoms with E-state index in [-0.39, 0.29) is 6.04 Å². The highest BCUT2D eigenvalue weighted by molar-refractivity contribution is 5.30. The van der Waals surface area contributed by atoms with E-state index in [4.69, 9.17) is 0 Å². The van der Waals surface area contributed by atoms with Crippen LogP contribution >= 0.6 is 0 Å². The van der Waals surface area contributed by atoms with Crippen molar-refractivity contribution in [3.63, 3.8) is 0 Å². The number of aliphatic hydroxyl groups is 1. The zero-order chi connectivity index (χ0) is 15.3. The second-order valence-electron chi connectivity index (χ2n) is 6.29. The molecule has 0 amide bonds. The van der Waals surface area contributed by atoms with Gasteiger partial charge in [0.25, 0.3) is 0 Å². The first kappa shape index (κ1) is 15.2. The quantitative estimate of drug-likeness (QED) is 0.888. The normalized spacial score (nSPS) is 18.8. The van der Waals surface area contributed by atoms with Crippen LogP contribution in [0.15, 0.2) is 54.9 Å². The van der Waals surface area contributed by atoms with Crippen LogP contribution in [-0.2, 0) is 0 Å². The molecule has 3 heteroatoms. The van der Waals surface area contributed by atoms with Crippen LogP contribution in [0.4, 0.5) is 0 Å². The van der Waals surface area contributed by atoms with Gasteiger partial charge in [-0.3, -0.25) is 4.98 Å². The maximum absolute atomic E-state index is 10.7. The lowest BCUT2D eigenvalue weighted by molar-refractivity contribution is 0.00349. The monoisotopic (exact) mass is 296 g/mol. The molecular formula is C19H24N2O. The van der Waals surface area contributed by atoms with Gasteiger partial charge in [0, 0.05) is 18.9 Å². The van der Waals surface area contributed by atoms with Gasteiger partial charge >= 0.3 is 0 Å². The van der Waals surface area contributed by atoms with Crippen LogP contribution in [0.3, 0.4) is 0 Å². The summed E-state index contributed by atoms with van der Waals surface area (Å²) in [7, 11) is 0. The van der Waals surface area contributed by atoms with Gasteiger partial charge in [0.05, 0.1) is 11.6 Å². The van der Waals surface area contributed by atoms with Crippen molar-refractivity contribution in [2.75, 3.05) is 6.54 Å². The molecule has 22 heavy (non-hydrogen) atoms. The van der Waals surface area contributed by atoms with Crippen molar-refractivity contribution >= 4 is 0 Å². The van der Waals surface area contributed by atoms with Crippen molar-refractivity contribution in [2.24, 2.45) is 0 Å². The minimum Gasteiger partial charge on any atom is -0.389 e. The van der Waals surface area contributed by atoms with Gasteiger partial charge in [-0.25, -0.2) is 0 Å². The fourth-order valence-electron chi connectivity index (χ4n) is 3.31. The molecule has 0 spiro atoms. The Bertz CT molecular complexity index is 525. The molecule has 2 N–H and O–H groups in total. The Labute approximate surface area is 132 Å². The van der Waals surface area contributed by atoms with Crippen molar-refractivity contribution < 1.29 is 5.11 Å². The van der Waals surface area contributed by atoms with Crippen molar-refractivity contribution in [1.29, 1.82) is 0 Å². The molecule has 0 aliphatic heterocycles. The van der Waals surface area contributed by atoms with Gasteiger partial charge in [0.15, 0.2) is 0 Å². The Morgan fingerprint density at radius 2 is 1.59 bits per heavy atom. The van der Waals surface area contributed by atoms with Crippen molar-refractivity contribution in [1.82, 2.24) is 10.3 Å². The molecule has 1 aliphatic carbocycles. The molecule has 2 aromatic rings. The molecule has 1 aromatic carbocycles. The van der Waals surface area contributed by atoms with Crippen LogP contribution < -0.4 is 5.32 Å². The highest BCUT2D eigenvalue weighted by atomic mass is 16.3. The Kier molecular flexibility index (Phi) is 4.86.